The Bertz CT molecular complexity index is 336. The second-order valence-electron chi connectivity index (χ2n) is 4.82. The first kappa shape index (κ1) is 10.7. The first-order valence-corrected chi connectivity index (χ1v) is 5.57. The van der Waals surface area contributed by atoms with Crippen LogP contribution < -0.4 is 5.73 Å². The molecule has 1 aromatic carbocycles. The molecule has 0 atom stereocenters. The number of hydrogen-bond donors (Lipinski definition) is 2. The summed E-state index contributed by atoms with van der Waals surface area (Å²) in [7, 11) is 0. The number of hydrogen-bond acceptors (Lipinski definition) is 2. The van der Waals surface area contributed by atoms with Crippen LogP contribution in [0.25, 0.3) is 0 Å². The van der Waals surface area contributed by atoms with Gasteiger partial charge >= 0.3 is 0 Å². The maximum Gasteiger partial charge on any atom is 0.0499 e. The van der Waals surface area contributed by atoms with Crippen LogP contribution in [0.15, 0.2) is 24.3 Å². The van der Waals surface area contributed by atoms with E-state index in [1.54, 1.807) is 0 Å². The predicted molar refractivity (Wildman–Crippen MR) is 61.7 cm³/mol. The van der Waals surface area contributed by atoms with Crippen molar-refractivity contribution in [3.63, 3.8) is 0 Å². The van der Waals surface area contributed by atoms with E-state index in [2.05, 4.69) is 31.2 Å². The maximum atomic E-state index is 9.29. The molecule has 1 fully saturated rings. The summed E-state index contributed by atoms with van der Waals surface area (Å²) in [5.41, 5.74) is 8.48. The van der Waals surface area contributed by atoms with Crippen LogP contribution >= 0.6 is 0 Å². The zero-order chi connectivity index (χ0) is 10.9. The van der Waals surface area contributed by atoms with E-state index in [-0.39, 0.29) is 12.0 Å². The van der Waals surface area contributed by atoms with Crippen LogP contribution in [0.1, 0.15) is 29.9 Å². The molecule has 0 aliphatic heterocycles. The third-order valence-corrected chi connectivity index (χ3v) is 3.76. The van der Waals surface area contributed by atoms with Crippen molar-refractivity contribution in [3.8, 4) is 0 Å². The normalized spacial score (nSPS) is 29.9. The zero-order valence-corrected chi connectivity index (χ0v) is 9.24. The molecule has 0 amide bonds. The molecule has 82 valence electrons. The number of aliphatic hydroxyl groups excluding tert-OH is 1. The number of nitrogens with two attached hydrogens (primary N) is 1. The highest BCUT2D eigenvalue weighted by atomic mass is 16.3. The minimum absolute atomic E-state index is 0.00689. The Labute approximate surface area is 91.1 Å². The molecule has 2 nitrogen and oxygen atoms in total. The average molecular weight is 205 g/mol. The summed E-state index contributed by atoms with van der Waals surface area (Å²) in [6, 6.07) is 8.50. The van der Waals surface area contributed by atoms with Gasteiger partial charge in [0.25, 0.3) is 0 Å². The van der Waals surface area contributed by atoms with Crippen molar-refractivity contribution in [1.29, 1.82) is 0 Å². The molecule has 15 heavy (non-hydrogen) atoms. The fraction of sp³-hybridized carbons (Fsp3) is 0.538. The third-order valence-electron chi connectivity index (χ3n) is 3.76. The van der Waals surface area contributed by atoms with E-state index in [4.69, 9.17) is 5.73 Å². The molecule has 0 heterocycles. The van der Waals surface area contributed by atoms with Crippen molar-refractivity contribution in [2.45, 2.75) is 25.7 Å². The SMILES string of the molecule is Cc1ccccc1C1CC(CN)(CO)C1. The van der Waals surface area contributed by atoms with Crippen molar-refractivity contribution in [2.24, 2.45) is 11.1 Å². The Morgan fingerprint density at radius 2 is 2.07 bits per heavy atom. The monoisotopic (exact) mass is 205 g/mol. The molecule has 0 unspecified atom stereocenters. The number of benzene rings is 1. The van der Waals surface area contributed by atoms with Crippen LogP contribution in [-0.4, -0.2) is 18.3 Å². The van der Waals surface area contributed by atoms with Gasteiger partial charge in [0.05, 0.1) is 0 Å². The summed E-state index contributed by atoms with van der Waals surface area (Å²) in [6.45, 7) is 2.98. The van der Waals surface area contributed by atoms with E-state index in [0.717, 1.165) is 12.8 Å². The van der Waals surface area contributed by atoms with Gasteiger partial charge < -0.3 is 10.8 Å². The fourth-order valence-corrected chi connectivity index (χ4v) is 2.61. The van der Waals surface area contributed by atoms with Gasteiger partial charge in [-0.15, -0.1) is 0 Å². The molecule has 3 N–H and O–H groups in total. The maximum absolute atomic E-state index is 9.29. The molecule has 1 aromatic rings. The van der Waals surface area contributed by atoms with Crippen LogP contribution in [0.4, 0.5) is 0 Å². The average Bonchev–Trinajstić information content (AvgIpc) is 2.20. The Kier molecular flexibility index (Phi) is 2.81. The molecule has 0 spiro atoms. The van der Waals surface area contributed by atoms with Gasteiger partial charge in [-0.25, -0.2) is 0 Å². The van der Waals surface area contributed by atoms with E-state index >= 15 is 0 Å². The molecule has 1 saturated carbocycles. The number of aliphatic hydroxyl groups is 1. The molecule has 1 aliphatic rings. The lowest BCUT2D eigenvalue weighted by molar-refractivity contribution is 0.0335. The molecule has 1 aliphatic carbocycles. The largest absolute Gasteiger partial charge is 0.396 e. The number of rotatable bonds is 3. The van der Waals surface area contributed by atoms with E-state index in [9.17, 15) is 5.11 Å². The quantitative estimate of drug-likeness (QED) is 0.790. The topological polar surface area (TPSA) is 46.2 Å². The van der Waals surface area contributed by atoms with Crippen LogP contribution in [0.2, 0.25) is 0 Å². The summed E-state index contributed by atoms with van der Waals surface area (Å²) in [6.07, 6.45) is 2.07. The van der Waals surface area contributed by atoms with Gasteiger partial charge in [-0.1, -0.05) is 24.3 Å². The van der Waals surface area contributed by atoms with Crippen LogP contribution in [0.5, 0.6) is 0 Å². The van der Waals surface area contributed by atoms with Gasteiger partial charge in [-0.2, -0.15) is 0 Å². The van der Waals surface area contributed by atoms with Gasteiger partial charge in [0.1, 0.15) is 0 Å². The lowest BCUT2D eigenvalue weighted by atomic mass is 9.60. The summed E-state index contributed by atoms with van der Waals surface area (Å²) in [5.74, 6) is 0.599. The second kappa shape index (κ2) is 3.95. The van der Waals surface area contributed by atoms with E-state index in [1.807, 2.05) is 0 Å². The molecular formula is C13H19NO. The summed E-state index contributed by atoms with van der Waals surface area (Å²) < 4.78 is 0. The van der Waals surface area contributed by atoms with Crippen molar-refractivity contribution in [3.05, 3.63) is 35.4 Å². The van der Waals surface area contributed by atoms with Crippen LogP contribution in [-0.2, 0) is 0 Å². The van der Waals surface area contributed by atoms with Gasteiger partial charge in [0.2, 0.25) is 0 Å². The van der Waals surface area contributed by atoms with Gasteiger partial charge in [0, 0.05) is 18.6 Å². The van der Waals surface area contributed by atoms with Crippen molar-refractivity contribution < 1.29 is 5.11 Å². The highest BCUT2D eigenvalue weighted by Crippen LogP contribution is 2.50. The molecule has 0 saturated heterocycles. The Morgan fingerprint density at radius 3 is 2.60 bits per heavy atom. The highest BCUT2D eigenvalue weighted by Gasteiger charge is 2.43. The van der Waals surface area contributed by atoms with Crippen molar-refractivity contribution >= 4 is 0 Å². The third kappa shape index (κ3) is 1.80. The van der Waals surface area contributed by atoms with E-state index < -0.39 is 0 Å². The molecule has 0 aromatic heterocycles. The first-order chi connectivity index (χ1) is 7.21. The van der Waals surface area contributed by atoms with Gasteiger partial charge in [-0.05, 0) is 36.8 Å². The fourth-order valence-electron chi connectivity index (χ4n) is 2.61. The standard InChI is InChI=1S/C13H19NO/c1-10-4-2-3-5-12(10)11-6-13(7-11,8-14)9-15/h2-5,11,15H,6-9,14H2,1H3. The summed E-state index contributed by atoms with van der Waals surface area (Å²) in [5, 5.41) is 9.29. The van der Waals surface area contributed by atoms with Gasteiger partial charge in [-0.3, -0.25) is 0 Å². The molecular weight excluding hydrogens is 186 g/mol. The van der Waals surface area contributed by atoms with Crippen LogP contribution in [0.3, 0.4) is 0 Å². The molecule has 2 heteroatoms. The van der Waals surface area contributed by atoms with Crippen molar-refractivity contribution in [1.82, 2.24) is 0 Å². The van der Waals surface area contributed by atoms with Crippen LogP contribution in [0, 0.1) is 12.3 Å². The lowest BCUT2D eigenvalue weighted by Gasteiger charge is -2.46. The smallest absolute Gasteiger partial charge is 0.0499 e. The lowest BCUT2D eigenvalue weighted by Crippen LogP contribution is -2.45. The summed E-state index contributed by atoms with van der Waals surface area (Å²) >= 11 is 0. The van der Waals surface area contributed by atoms with E-state index in [1.165, 1.54) is 11.1 Å². The first-order valence-electron chi connectivity index (χ1n) is 5.57. The number of aryl methyl sites for hydroxylation is 1. The molecule has 2 rings (SSSR count). The molecule has 0 radical (unpaired) electrons. The minimum Gasteiger partial charge on any atom is -0.396 e. The van der Waals surface area contributed by atoms with E-state index in [0.29, 0.717) is 12.5 Å². The van der Waals surface area contributed by atoms with Crippen molar-refractivity contribution in [2.75, 3.05) is 13.2 Å². The predicted octanol–water partition coefficient (Wildman–Crippen LogP) is 1.81. The zero-order valence-electron chi connectivity index (χ0n) is 9.24. The molecule has 0 bridgehead atoms. The Hall–Kier alpha value is -0.860. The summed E-state index contributed by atoms with van der Waals surface area (Å²) in [4.78, 5) is 0. The Morgan fingerprint density at radius 1 is 1.40 bits per heavy atom. The minimum atomic E-state index is 0.00689. The second-order valence-corrected chi connectivity index (χ2v) is 4.82. The Balaban J connectivity index is 2.09. The van der Waals surface area contributed by atoms with Gasteiger partial charge in [0.15, 0.2) is 0 Å². The highest BCUT2D eigenvalue weighted by molar-refractivity contribution is 5.31.